The molecule has 4 fully saturated rings. The normalized spacial score (nSPS) is 23.9. The van der Waals surface area contributed by atoms with Gasteiger partial charge in [-0.25, -0.2) is 15.0 Å². The summed E-state index contributed by atoms with van der Waals surface area (Å²) >= 11 is 0. The highest BCUT2D eigenvalue weighted by molar-refractivity contribution is 6.00. The summed E-state index contributed by atoms with van der Waals surface area (Å²) in [7, 11) is 1.60. The lowest BCUT2D eigenvalue weighted by Gasteiger charge is -2.57. The van der Waals surface area contributed by atoms with Crippen LogP contribution in [0.4, 0.5) is 5.95 Å². The fourth-order valence-corrected chi connectivity index (χ4v) is 6.57. The Kier molecular flexibility index (Phi) is 7.41. The van der Waals surface area contributed by atoms with Crippen molar-refractivity contribution >= 4 is 23.7 Å². The number of nitrogens with one attached hydrogen (secondary N) is 2. The van der Waals surface area contributed by atoms with E-state index in [1.54, 1.807) is 31.6 Å². The predicted octanol–water partition coefficient (Wildman–Crippen LogP) is 1.72. The molecule has 3 amide bonds. The zero-order chi connectivity index (χ0) is 27.7. The van der Waals surface area contributed by atoms with Gasteiger partial charge in [-0.2, -0.15) is 0 Å². The molecule has 212 valence electrons. The molecule has 5 heterocycles. The molecule has 11 heteroatoms. The first-order valence-electron chi connectivity index (χ1n) is 14.3. The van der Waals surface area contributed by atoms with Crippen LogP contribution in [-0.2, 0) is 9.59 Å². The Morgan fingerprint density at radius 2 is 1.77 bits per heavy atom. The van der Waals surface area contributed by atoms with Crippen molar-refractivity contribution in [2.24, 2.45) is 5.41 Å². The molecule has 2 aromatic rings. The average Bonchev–Trinajstić information content (AvgIpc) is 2.97. The fraction of sp³-hybridized carbons (Fsp3) is 0.552. The second kappa shape index (κ2) is 11.1. The first kappa shape index (κ1) is 26.6. The number of amides is 3. The van der Waals surface area contributed by atoms with Crippen molar-refractivity contribution in [1.82, 2.24) is 30.6 Å². The van der Waals surface area contributed by atoms with Crippen molar-refractivity contribution in [2.75, 3.05) is 51.3 Å². The number of piperidine rings is 3. The van der Waals surface area contributed by atoms with E-state index in [2.05, 4.69) is 30.5 Å². The van der Waals surface area contributed by atoms with Crippen molar-refractivity contribution < 1.29 is 19.1 Å². The van der Waals surface area contributed by atoms with Crippen LogP contribution in [0.1, 0.15) is 60.4 Å². The van der Waals surface area contributed by atoms with Crippen molar-refractivity contribution in [1.29, 1.82) is 0 Å². The molecule has 6 rings (SSSR count). The molecule has 1 atom stereocenters. The third-order valence-electron chi connectivity index (χ3n) is 9.06. The molecule has 1 aromatic heterocycles. The SMILES string of the molecule is COc1cccc(C(=O)NN2CCC(N3CC4(CCN(c5ncc(C6CCC(=O)NC6=O)cn5)CC4)C3)CC2)c1. The lowest BCUT2D eigenvalue weighted by Crippen LogP contribution is -2.64. The molecule has 40 heavy (non-hydrogen) atoms. The zero-order valence-electron chi connectivity index (χ0n) is 23.0. The Hall–Kier alpha value is -3.57. The van der Waals surface area contributed by atoms with E-state index in [4.69, 9.17) is 4.74 Å². The van der Waals surface area contributed by atoms with Crippen molar-refractivity contribution in [2.45, 2.75) is 50.5 Å². The Balaban J connectivity index is 0.935. The number of nitrogens with zero attached hydrogens (tertiary/aromatic N) is 5. The van der Waals surface area contributed by atoms with Gasteiger partial charge in [-0.3, -0.25) is 30.0 Å². The van der Waals surface area contributed by atoms with Crippen LogP contribution in [0, 0.1) is 5.41 Å². The molecular formula is C29H37N7O4. The quantitative estimate of drug-likeness (QED) is 0.521. The van der Waals surface area contributed by atoms with Crippen LogP contribution < -0.4 is 20.4 Å². The molecule has 4 aliphatic heterocycles. The lowest BCUT2D eigenvalue weighted by molar-refractivity contribution is -0.134. The third kappa shape index (κ3) is 5.53. The van der Waals surface area contributed by atoms with Crippen LogP contribution in [0.3, 0.4) is 0 Å². The van der Waals surface area contributed by atoms with Crippen molar-refractivity contribution in [3.05, 3.63) is 47.8 Å². The van der Waals surface area contributed by atoms with Crippen LogP contribution in [0.2, 0.25) is 0 Å². The highest BCUT2D eigenvalue weighted by Crippen LogP contribution is 2.43. The third-order valence-corrected chi connectivity index (χ3v) is 9.06. The van der Waals surface area contributed by atoms with Gasteiger partial charge in [-0.05, 0) is 55.7 Å². The Morgan fingerprint density at radius 3 is 2.45 bits per heavy atom. The maximum absolute atomic E-state index is 12.6. The van der Waals surface area contributed by atoms with Gasteiger partial charge < -0.3 is 9.64 Å². The van der Waals surface area contributed by atoms with Gasteiger partial charge in [-0.15, -0.1) is 0 Å². The largest absolute Gasteiger partial charge is 0.497 e. The summed E-state index contributed by atoms with van der Waals surface area (Å²) < 4.78 is 5.23. The van der Waals surface area contributed by atoms with Gasteiger partial charge in [-0.1, -0.05) is 6.07 Å². The first-order valence-corrected chi connectivity index (χ1v) is 14.3. The summed E-state index contributed by atoms with van der Waals surface area (Å²) in [6, 6.07) is 7.80. The molecule has 0 bridgehead atoms. The van der Waals surface area contributed by atoms with Crippen LogP contribution in [0.5, 0.6) is 5.75 Å². The van der Waals surface area contributed by atoms with Gasteiger partial charge in [0, 0.05) is 75.3 Å². The van der Waals surface area contributed by atoms with E-state index in [1.165, 1.54) is 0 Å². The van der Waals surface area contributed by atoms with E-state index in [0.717, 1.165) is 70.5 Å². The maximum Gasteiger partial charge on any atom is 0.265 e. The van der Waals surface area contributed by atoms with Gasteiger partial charge in [0.1, 0.15) is 5.75 Å². The zero-order valence-corrected chi connectivity index (χ0v) is 23.0. The van der Waals surface area contributed by atoms with E-state index < -0.39 is 0 Å². The van der Waals surface area contributed by atoms with Gasteiger partial charge in [0.05, 0.1) is 13.0 Å². The van der Waals surface area contributed by atoms with Crippen LogP contribution in [-0.4, -0.2) is 90.0 Å². The molecule has 1 spiro atoms. The number of anilines is 1. The summed E-state index contributed by atoms with van der Waals surface area (Å²) in [6.45, 7) is 5.84. The molecule has 4 saturated heterocycles. The van der Waals surface area contributed by atoms with Gasteiger partial charge >= 0.3 is 0 Å². The molecular weight excluding hydrogens is 510 g/mol. The average molecular weight is 548 g/mol. The van der Waals surface area contributed by atoms with Gasteiger partial charge in [0.15, 0.2) is 0 Å². The monoisotopic (exact) mass is 547 g/mol. The number of hydrogen-bond donors (Lipinski definition) is 2. The predicted molar refractivity (Wildman–Crippen MR) is 148 cm³/mol. The number of rotatable bonds is 6. The molecule has 4 aliphatic rings. The second-order valence-corrected chi connectivity index (χ2v) is 11.6. The topological polar surface area (TPSA) is 120 Å². The van der Waals surface area contributed by atoms with E-state index in [1.807, 2.05) is 17.1 Å². The van der Waals surface area contributed by atoms with Crippen molar-refractivity contribution in [3.8, 4) is 5.75 Å². The second-order valence-electron chi connectivity index (χ2n) is 11.6. The molecule has 0 saturated carbocycles. The van der Waals surface area contributed by atoms with Crippen molar-refractivity contribution in [3.63, 3.8) is 0 Å². The van der Waals surface area contributed by atoms with E-state index in [-0.39, 0.29) is 23.6 Å². The number of likely N-dealkylation sites (tertiary alicyclic amines) is 1. The number of carbonyl (C=O) groups excluding carboxylic acids is 3. The highest BCUT2D eigenvalue weighted by atomic mass is 16.5. The van der Waals surface area contributed by atoms with E-state index in [9.17, 15) is 14.4 Å². The van der Waals surface area contributed by atoms with Crippen LogP contribution >= 0.6 is 0 Å². The smallest absolute Gasteiger partial charge is 0.265 e. The Labute approximate surface area is 234 Å². The molecule has 1 unspecified atom stereocenters. The number of ether oxygens (including phenoxy) is 1. The summed E-state index contributed by atoms with van der Waals surface area (Å²) in [5.41, 5.74) is 4.80. The molecule has 11 nitrogen and oxygen atoms in total. The first-order chi connectivity index (χ1) is 19.4. The highest BCUT2D eigenvalue weighted by Gasteiger charge is 2.47. The standard InChI is InChI=1S/C29H37N7O4/c1-40-23-4-2-3-20(15-23)26(38)33-36-11-7-22(8-12-36)35-18-29(19-35)9-13-34(14-10-29)28-30-16-21(17-31-28)24-5-6-25(37)32-27(24)39/h2-4,15-17,22,24H,5-14,18-19H2,1H3,(H,33,38)(H,32,37,39). The van der Waals surface area contributed by atoms with E-state index >= 15 is 0 Å². The Morgan fingerprint density at radius 1 is 1.05 bits per heavy atom. The minimum absolute atomic E-state index is 0.0957. The maximum atomic E-state index is 12.6. The summed E-state index contributed by atoms with van der Waals surface area (Å²) in [6.07, 6.45) is 8.68. The van der Waals surface area contributed by atoms with Gasteiger partial charge in [0.25, 0.3) is 5.91 Å². The molecule has 0 aliphatic carbocycles. The number of carbonyl (C=O) groups is 3. The lowest BCUT2D eigenvalue weighted by atomic mass is 9.71. The molecule has 2 N–H and O–H groups in total. The number of methoxy groups -OCH3 is 1. The van der Waals surface area contributed by atoms with Crippen LogP contribution in [0.15, 0.2) is 36.7 Å². The van der Waals surface area contributed by atoms with E-state index in [0.29, 0.717) is 41.6 Å². The summed E-state index contributed by atoms with van der Waals surface area (Å²) in [4.78, 5) is 50.2. The minimum atomic E-state index is -0.353. The van der Waals surface area contributed by atoms with Crippen LogP contribution in [0.25, 0.3) is 0 Å². The fourth-order valence-electron chi connectivity index (χ4n) is 6.57. The number of hydrogen-bond acceptors (Lipinski definition) is 9. The number of benzene rings is 1. The molecule has 0 radical (unpaired) electrons. The number of aromatic nitrogens is 2. The number of imide groups is 1. The molecule has 1 aromatic carbocycles. The summed E-state index contributed by atoms with van der Waals surface area (Å²) in [5.74, 6) is 0.473. The Bertz CT molecular complexity index is 1250. The number of hydrazine groups is 1. The summed E-state index contributed by atoms with van der Waals surface area (Å²) in [5, 5.41) is 4.44. The minimum Gasteiger partial charge on any atom is -0.497 e. The van der Waals surface area contributed by atoms with Gasteiger partial charge in [0.2, 0.25) is 17.8 Å².